The predicted molar refractivity (Wildman–Crippen MR) is 37.6 cm³/mol. The zero-order chi connectivity index (χ0) is 7.15. The van der Waals surface area contributed by atoms with Crippen molar-refractivity contribution in [2.45, 2.75) is 0 Å². The van der Waals surface area contributed by atoms with Crippen molar-refractivity contribution in [1.82, 2.24) is 0 Å². The fourth-order valence-corrected chi connectivity index (χ4v) is 0. The Labute approximate surface area is 122 Å². The Morgan fingerprint density at radius 3 is 1.08 bits per heavy atom. The second kappa shape index (κ2) is 29.2. The molecule has 0 saturated carbocycles. The summed E-state index contributed by atoms with van der Waals surface area (Å²) in [7, 11) is -5.99. The fraction of sp³-hybridized carbons (Fsp3) is 0. The van der Waals surface area contributed by atoms with E-state index < -0.39 is 19.2 Å². The van der Waals surface area contributed by atoms with E-state index in [-0.39, 0.29) is 77.1 Å². The summed E-state index contributed by atoms with van der Waals surface area (Å²) >= 11 is 0. The van der Waals surface area contributed by atoms with Crippen LogP contribution in [-0.4, -0.2) is 14.3 Å². The largest absolute Gasteiger partial charge is 2.00 e. The van der Waals surface area contributed by atoms with Gasteiger partial charge in [-0.25, -0.2) is 0 Å². The maximum Gasteiger partial charge on any atom is 2.00 e. The van der Waals surface area contributed by atoms with Crippen molar-refractivity contribution < 1.29 is 89.5 Å². The minimum Gasteiger partial charge on any atom is -0.439 e. The van der Waals surface area contributed by atoms with Crippen molar-refractivity contribution in [3.05, 3.63) is 14.9 Å². The van der Waals surface area contributed by atoms with Gasteiger partial charge in [0.2, 0.25) is 0 Å². The van der Waals surface area contributed by atoms with Crippen molar-refractivity contribution in [1.29, 1.82) is 0 Å². The van der Waals surface area contributed by atoms with E-state index in [1.165, 1.54) is 0 Å². The van der Waals surface area contributed by atoms with E-state index in [4.69, 9.17) is 27.3 Å². The molecule has 0 spiro atoms. The van der Waals surface area contributed by atoms with E-state index in [1.54, 1.807) is 0 Å². The molecule has 0 aromatic rings. The molecule has 0 radical (unpaired) electrons. The summed E-state index contributed by atoms with van der Waals surface area (Å²) in [6.45, 7) is 0. The van der Waals surface area contributed by atoms with Crippen LogP contribution in [-0.2, 0) is 24.0 Å². The quantitative estimate of drug-likeness (QED) is 0.111. The normalized spacial score (nSPS) is 5.75. The van der Waals surface area contributed by atoms with Crippen LogP contribution in [0.5, 0.6) is 0 Å². The molecule has 0 rings (SSSR count). The fourth-order valence-electron chi connectivity index (χ4n) is 0. The van der Waals surface area contributed by atoms with Crippen LogP contribution < -0.4 is 0 Å². The van der Waals surface area contributed by atoms with Gasteiger partial charge in [0.05, 0.1) is 0 Å². The molecule has 0 aliphatic carbocycles. The molecule has 74 valence electrons. The third kappa shape index (κ3) is 324. The summed E-state index contributed by atoms with van der Waals surface area (Å²) in [5.74, 6) is 0. The third-order valence-electron chi connectivity index (χ3n) is 0. The van der Waals surface area contributed by atoms with E-state index >= 15 is 0 Å². The molecule has 3 N–H and O–H groups in total. The van der Waals surface area contributed by atoms with Crippen molar-refractivity contribution in [3.8, 4) is 0 Å². The summed E-state index contributed by atoms with van der Waals surface area (Å²) in [5.41, 5.74) is 0. The molecule has 0 aliphatic rings. The molecular formula is C2H10O6PSU2-. The Bertz CT molecular complexity index is 126. The Balaban J connectivity index is -0.0000000112. The minimum atomic E-state index is -3.13. The zero-order valence-corrected chi connectivity index (χ0v) is 16.6. The van der Waals surface area contributed by atoms with E-state index in [2.05, 4.69) is 0 Å². The molecule has 0 amide bonds. The van der Waals surface area contributed by atoms with Crippen molar-refractivity contribution >= 4 is 19.2 Å². The molecule has 12 heavy (non-hydrogen) atoms. The zero-order valence-electron chi connectivity index (χ0n) is 6.47. The molecule has 0 atom stereocenters. The van der Waals surface area contributed by atoms with Crippen LogP contribution in [0, 0.1) is 77.1 Å². The Morgan fingerprint density at radius 1 is 1.08 bits per heavy atom. The van der Waals surface area contributed by atoms with Crippen LogP contribution in [0.1, 0.15) is 0 Å². The topological polar surface area (TPSA) is 112 Å². The third-order valence-corrected chi connectivity index (χ3v) is 0. The van der Waals surface area contributed by atoms with Gasteiger partial charge in [-0.05, 0) is 0 Å². The van der Waals surface area contributed by atoms with Gasteiger partial charge < -0.3 is 37.6 Å². The minimum absolute atomic E-state index is 0. The van der Waals surface area contributed by atoms with Gasteiger partial charge in [-0.15, -0.1) is 0 Å². The average Bonchev–Trinajstić information content (AvgIpc) is 1.25. The number of hydrogen-bond acceptors (Lipinski definition) is 4. The molecular weight excluding hydrogens is 659 g/mol. The summed E-state index contributed by atoms with van der Waals surface area (Å²) < 4.78 is 32.8. The van der Waals surface area contributed by atoms with E-state index in [1.807, 2.05) is 0 Å². The van der Waals surface area contributed by atoms with Crippen LogP contribution in [0.3, 0.4) is 0 Å². The second-order valence-electron chi connectivity index (χ2n) is 0.500. The maximum atomic E-state index is 8.74. The summed E-state index contributed by atoms with van der Waals surface area (Å²) in [5, 5.41) is 0. The summed E-state index contributed by atoms with van der Waals surface area (Å²) in [4.78, 5) is 14.3. The molecule has 0 aromatic carbocycles. The molecule has 0 unspecified atom stereocenters. The Kier molecular flexibility index (Phi) is 89.7. The van der Waals surface area contributed by atoms with Crippen LogP contribution in [0.4, 0.5) is 0 Å². The second-order valence-corrected chi connectivity index (χ2v) is 1.50. The standard InChI is InChI=1S/2CH3.H3O3P.HO3S.2U/c;;2*1-4(2)3;;/h2*1H3;4H,(H2,1,2,3);(H,1,2,3);;/q2*-1;;-1;;+2. The van der Waals surface area contributed by atoms with Crippen molar-refractivity contribution in [2.24, 2.45) is 0 Å². The molecule has 0 bridgehead atoms. The predicted octanol–water partition coefficient (Wildman–Crippen LogP) is 0.0300. The van der Waals surface area contributed by atoms with E-state index in [0.29, 0.717) is 0 Å². The molecule has 0 aliphatic heterocycles. The van der Waals surface area contributed by atoms with Crippen LogP contribution in [0.2, 0.25) is 0 Å². The monoisotopic (exact) mass is 669 g/mol. The summed E-state index contributed by atoms with van der Waals surface area (Å²) in [6.07, 6.45) is 0. The molecule has 0 saturated heterocycles. The Hall–Kier alpha value is 2.16. The summed E-state index contributed by atoms with van der Waals surface area (Å²) in [6, 6.07) is 0. The van der Waals surface area contributed by atoms with E-state index in [0.717, 1.165) is 0 Å². The van der Waals surface area contributed by atoms with Gasteiger partial charge in [0.1, 0.15) is 0 Å². The SMILES string of the molecule is O=[PH](O)O.O=[S-](=O)O.[CH3-].[CH3-].[U+2].[U]. The van der Waals surface area contributed by atoms with Gasteiger partial charge in [-0.1, -0.05) is 0 Å². The first-order chi connectivity index (χ1) is 3.46. The van der Waals surface area contributed by atoms with E-state index in [9.17, 15) is 0 Å². The van der Waals surface area contributed by atoms with Crippen molar-refractivity contribution in [3.63, 3.8) is 0 Å². The maximum absolute atomic E-state index is 8.74. The van der Waals surface area contributed by atoms with Crippen LogP contribution >= 0.6 is 8.25 Å². The van der Waals surface area contributed by atoms with Gasteiger partial charge in [0.25, 0.3) is 0 Å². The van der Waals surface area contributed by atoms with Gasteiger partial charge in [-0.2, -0.15) is 0 Å². The van der Waals surface area contributed by atoms with Gasteiger partial charge >= 0.3 is 39.4 Å². The number of rotatable bonds is 0. The first-order valence-electron chi connectivity index (χ1n) is 1.17. The molecule has 6 nitrogen and oxygen atoms in total. The molecule has 0 fully saturated rings. The number of hydrogen-bond donors (Lipinski definition) is 3. The van der Waals surface area contributed by atoms with Gasteiger partial charge in [-0.3, -0.25) is 4.57 Å². The molecule has 10 heteroatoms. The van der Waals surface area contributed by atoms with Crippen LogP contribution in [0.25, 0.3) is 0 Å². The Morgan fingerprint density at radius 2 is 1.08 bits per heavy atom. The molecule has 0 heterocycles. The first-order valence-corrected chi connectivity index (χ1v) is 3.50. The van der Waals surface area contributed by atoms with Crippen molar-refractivity contribution in [2.75, 3.05) is 0 Å². The first kappa shape index (κ1) is 36.8. The van der Waals surface area contributed by atoms with Gasteiger partial charge in [0, 0.05) is 42.1 Å². The average molecular weight is 669 g/mol. The van der Waals surface area contributed by atoms with Crippen LogP contribution in [0.15, 0.2) is 0 Å². The van der Waals surface area contributed by atoms with Gasteiger partial charge in [0.15, 0.2) is 0 Å². The molecule has 0 aromatic heterocycles. The smallest absolute Gasteiger partial charge is 0.439 e.